The number of hydrogen-bond acceptors (Lipinski definition) is 9. The second kappa shape index (κ2) is 11.4. The molecule has 13 nitrogen and oxygen atoms in total. The molecule has 0 saturated carbocycles. The van der Waals surface area contributed by atoms with Gasteiger partial charge in [0, 0.05) is 41.3 Å². The summed E-state index contributed by atoms with van der Waals surface area (Å²) in [6, 6.07) is 18.8. The molecule has 2 amide bonds. The number of nitrogens with two attached hydrogens (primary N) is 1. The van der Waals surface area contributed by atoms with Gasteiger partial charge in [-0.05, 0) is 67.4 Å². The highest BCUT2D eigenvalue weighted by molar-refractivity contribution is 7.92. The van der Waals surface area contributed by atoms with Crippen LogP contribution in [0.5, 0.6) is 11.5 Å². The SMILES string of the molecule is CN1CC(=O)N2[C@H](c3ccc4c(c3)OCO4)c3[nH]c4ccccc4c3C[C@@H]2C1=O.Cc1noc(NS(=O)(=O)c2ccc(N)cc2)c1C. The minimum atomic E-state index is -3.68. The number of sulfonamides is 1. The van der Waals surface area contributed by atoms with Crippen LogP contribution >= 0.6 is 0 Å². The van der Waals surface area contributed by atoms with Gasteiger partial charge in [-0.15, -0.1) is 0 Å². The Hall–Kier alpha value is -5.50. The number of aromatic nitrogens is 2. The van der Waals surface area contributed by atoms with E-state index in [2.05, 4.69) is 20.9 Å². The molecule has 3 aliphatic rings. The van der Waals surface area contributed by atoms with Crippen molar-refractivity contribution in [3.05, 3.63) is 94.8 Å². The van der Waals surface area contributed by atoms with Crippen LogP contribution in [0.3, 0.4) is 0 Å². The van der Waals surface area contributed by atoms with Gasteiger partial charge in [-0.3, -0.25) is 9.59 Å². The Labute approximate surface area is 270 Å². The number of nitrogen functional groups attached to an aromatic ring is 1. The van der Waals surface area contributed by atoms with Crippen molar-refractivity contribution in [3.63, 3.8) is 0 Å². The monoisotopic (exact) mass is 656 g/mol. The maximum Gasteiger partial charge on any atom is 0.264 e. The lowest BCUT2D eigenvalue weighted by Crippen LogP contribution is -2.62. The first-order valence-electron chi connectivity index (χ1n) is 14.9. The molecule has 2 atom stereocenters. The third-order valence-electron chi connectivity index (χ3n) is 8.74. The van der Waals surface area contributed by atoms with Crippen LogP contribution < -0.4 is 19.9 Å². The molecule has 3 aliphatic heterocycles. The summed E-state index contributed by atoms with van der Waals surface area (Å²) in [5.74, 6) is 1.41. The van der Waals surface area contributed by atoms with Crippen molar-refractivity contribution >= 4 is 44.3 Å². The summed E-state index contributed by atoms with van der Waals surface area (Å²) in [7, 11) is -1.99. The number of carbonyl (C=O) groups excluding carboxylic acids is 2. The van der Waals surface area contributed by atoms with E-state index in [-0.39, 0.29) is 42.0 Å². The van der Waals surface area contributed by atoms with E-state index in [0.29, 0.717) is 34.9 Å². The Morgan fingerprint density at radius 2 is 1.74 bits per heavy atom. The molecule has 47 heavy (non-hydrogen) atoms. The van der Waals surface area contributed by atoms with Crippen molar-refractivity contribution < 1.29 is 32.0 Å². The van der Waals surface area contributed by atoms with Crippen LogP contribution in [-0.2, 0) is 26.0 Å². The maximum atomic E-state index is 13.1. The number of aromatic amines is 1. The van der Waals surface area contributed by atoms with Crippen molar-refractivity contribution in [3.8, 4) is 11.5 Å². The standard InChI is InChI=1S/C22H19N3O4.C11H13N3O3S/c1-24-10-19(26)25-16(22(24)27)9-14-13-4-2-3-5-15(13)23-20(14)21(25)12-6-7-17-18(8-12)29-11-28-17;1-7-8(2)13-17-11(7)14-18(15,16)10-5-3-9(12)4-6-10/h2-8,16,21,23H,9-11H2,1H3;3-6,14H,12H2,1-2H3/t16-,21-;/m1./s1. The van der Waals surface area contributed by atoms with Crippen molar-refractivity contribution in [2.24, 2.45) is 0 Å². The fourth-order valence-corrected chi connectivity index (χ4v) is 7.22. The number of fused-ring (bicyclic) bond motifs is 5. The summed E-state index contributed by atoms with van der Waals surface area (Å²) in [4.78, 5) is 33.0. The van der Waals surface area contributed by atoms with E-state index in [0.717, 1.165) is 27.7 Å². The molecule has 5 heterocycles. The maximum absolute atomic E-state index is 13.1. The van der Waals surface area contributed by atoms with Crippen molar-refractivity contribution in [2.45, 2.75) is 37.2 Å². The predicted octanol–water partition coefficient (Wildman–Crippen LogP) is 3.89. The van der Waals surface area contributed by atoms with Crippen LogP contribution in [0.2, 0.25) is 0 Å². The Bertz CT molecular complexity index is 2140. The van der Waals surface area contributed by atoms with Gasteiger partial charge in [0.05, 0.1) is 23.2 Å². The van der Waals surface area contributed by atoms with E-state index in [1.54, 1.807) is 25.8 Å². The van der Waals surface area contributed by atoms with Crippen molar-refractivity contribution in [2.75, 3.05) is 30.8 Å². The largest absolute Gasteiger partial charge is 0.454 e. The summed E-state index contributed by atoms with van der Waals surface area (Å²) in [5, 5.41) is 4.78. The van der Waals surface area contributed by atoms with Crippen LogP contribution in [0.1, 0.15) is 34.1 Å². The second-order valence-corrected chi connectivity index (χ2v) is 13.4. The zero-order chi connectivity index (χ0) is 33.0. The Morgan fingerprint density at radius 1 is 1.00 bits per heavy atom. The molecule has 1 saturated heterocycles. The average Bonchev–Trinajstić information content (AvgIpc) is 3.76. The van der Waals surface area contributed by atoms with Crippen LogP contribution in [0.25, 0.3) is 10.9 Å². The summed E-state index contributed by atoms with van der Waals surface area (Å²) in [5.41, 5.74) is 11.3. The third-order valence-corrected chi connectivity index (χ3v) is 10.1. The Balaban J connectivity index is 0.000000169. The molecular formula is C33H32N6O7S. The number of aryl methyl sites for hydroxylation is 1. The number of hydrogen-bond donors (Lipinski definition) is 3. The highest BCUT2D eigenvalue weighted by Gasteiger charge is 2.47. The average molecular weight is 657 g/mol. The van der Waals surface area contributed by atoms with Gasteiger partial charge in [0.2, 0.25) is 24.5 Å². The topological polar surface area (TPSA) is 173 Å². The van der Waals surface area contributed by atoms with Gasteiger partial charge in [0.15, 0.2) is 11.5 Å². The molecule has 2 aromatic heterocycles. The van der Waals surface area contributed by atoms with E-state index < -0.39 is 16.1 Å². The molecule has 1 fully saturated rings. The number of nitrogens with zero attached hydrogens (tertiary/aromatic N) is 3. The fourth-order valence-electron chi connectivity index (χ4n) is 6.17. The van der Waals surface area contributed by atoms with E-state index in [1.807, 2.05) is 36.4 Å². The van der Waals surface area contributed by atoms with E-state index >= 15 is 0 Å². The number of H-pyrrole nitrogens is 1. The number of para-hydroxylation sites is 1. The molecular weight excluding hydrogens is 624 g/mol. The summed E-state index contributed by atoms with van der Waals surface area (Å²) >= 11 is 0. The first-order chi connectivity index (χ1) is 22.5. The Kier molecular flexibility index (Phi) is 7.31. The lowest BCUT2D eigenvalue weighted by atomic mass is 9.86. The number of anilines is 2. The summed E-state index contributed by atoms with van der Waals surface area (Å²) in [6.45, 7) is 3.74. The number of nitrogens with one attached hydrogen (secondary N) is 2. The van der Waals surface area contributed by atoms with Gasteiger partial charge in [-0.25, -0.2) is 13.1 Å². The van der Waals surface area contributed by atoms with Crippen LogP contribution in [0.4, 0.5) is 11.6 Å². The molecule has 242 valence electrons. The molecule has 0 aliphatic carbocycles. The third kappa shape index (κ3) is 5.29. The smallest absolute Gasteiger partial charge is 0.264 e. The number of rotatable bonds is 4. The molecule has 3 aromatic carbocycles. The fraction of sp³-hybridized carbons (Fsp3) is 0.242. The number of ether oxygens (including phenoxy) is 2. The number of carbonyl (C=O) groups is 2. The molecule has 0 unspecified atom stereocenters. The van der Waals surface area contributed by atoms with Gasteiger partial charge in [-0.2, -0.15) is 0 Å². The first-order valence-corrected chi connectivity index (χ1v) is 16.4. The van der Waals surface area contributed by atoms with Crippen molar-refractivity contribution in [1.29, 1.82) is 0 Å². The summed E-state index contributed by atoms with van der Waals surface area (Å²) in [6.07, 6.45) is 0.509. The van der Waals surface area contributed by atoms with E-state index in [1.165, 1.54) is 29.2 Å². The Morgan fingerprint density at radius 3 is 2.49 bits per heavy atom. The van der Waals surface area contributed by atoms with Crippen molar-refractivity contribution in [1.82, 2.24) is 19.9 Å². The highest BCUT2D eigenvalue weighted by Crippen LogP contribution is 2.44. The zero-order valence-corrected chi connectivity index (χ0v) is 26.6. The minimum absolute atomic E-state index is 0.0220. The molecule has 0 spiro atoms. The number of amides is 2. The normalized spacial score (nSPS) is 18.4. The van der Waals surface area contributed by atoms with E-state index in [9.17, 15) is 18.0 Å². The van der Waals surface area contributed by atoms with Gasteiger partial charge in [-0.1, -0.05) is 29.4 Å². The molecule has 8 rings (SSSR count). The molecule has 0 radical (unpaired) electrons. The first kappa shape index (κ1) is 30.2. The molecule has 4 N–H and O–H groups in total. The lowest BCUT2D eigenvalue weighted by Gasteiger charge is -2.46. The van der Waals surface area contributed by atoms with Gasteiger partial charge < -0.3 is 34.5 Å². The summed E-state index contributed by atoms with van der Waals surface area (Å²) < 4.78 is 42.3. The van der Waals surface area contributed by atoms with Crippen LogP contribution in [0.15, 0.2) is 76.1 Å². The van der Waals surface area contributed by atoms with Crippen LogP contribution in [-0.4, -0.2) is 66.6 Å². The molecule has 0 bridgehead atoms. The van der Waals surface area contributed by atoms with Gasteiger partial charge in [0.25, 0.3) is 10.0 Å². The minimum Gasteiger partial charge on any atom is -0.454 e. The lowest BCUT2D eigenvalue weighted by molar-refractivity contribution is -0.157. The van der Waals surface area contributed by atoms with Crippen LogP contribution in [0, 0.1) is 13.8 Å². The number of piperazine rings is 1. The van der Waals surface area contributed by atoms with E-state index in [4.69, 9.17) is 19.7 Å². The number of benzene rings is 3. The highest BCUT2D eigenvalue weighted by atomic mass is 32.2. The second-order valence-electron chi connectivity index (χ2n) is 11.7. The zero-order valence-electron chi connectivity index (χ0n) is 25.8. The predicted molar refractivity (Wildman–Crippen MR) is 172 cm³/mol. The quantitative estimate of drug-likeness (QED) is 0.243. The number of likely N-dealkylation sites (N-methyl/N-ethyl adjacent to an activating group) is 1. The molecule has 5 aromatic rings. The van der Waals surface area contributed by atoms with Gasteiger partial charge in [0.1, 0.15) is 6.04 Å². The molecule has 14 heteroatoms. The van der Waals surface area contributed by atoms with Gasteiger partial charge >= 0.3 is 0 Å².